The normalized spacial score (nSPS) is 18.4. The van der Waals surface area contributed by atoms with Crippen molar-refractivity contribution < 1.29 is 0 Å². The molecule has 1 heterocycles. The topological polar surface area (TPSA) is 37.8 Å². The van der Waals surface area contributed by atoms with Crippen molar-refractivity contribution in [2.75, 3.05) is 5.32 Å². The predicted octanol–water partition coefficient (Wildman–Crippen LogP) is 2.95. The lowest BCUT2D eigenvalue weighted by Crippen LogP contribution is -2.06. The molecule has 1 aromatic carbocycles. The molecule has 0 amide bonds. The molecule has 0 saturated heterocycles. The highest BCUT2D eigenvalue weighted by atomic mass is 32.1. The molecule has 1 aliphatic rings. The molecule has 0 bridgehead atoms. The van der Waals surface area contributed by atoms with Gasteiger partial charge in [0.15, 0.2) is 0 Å². The molecule has 1 aliphatic carbocycles. The second kappa shape index (κ2) is 3.87. The summed E-state index contributed by atoms with van der Waals surface area (Å²) < 4.78 is 4.18. The SMILES string of the molecule is Cc1nsc(NC2CCc3ccccc32)n1. The molecule has 0 saturated carbocycles. The average molecular weight is 231 g/mol. The maximum absolute atomic E-state index is 4.34. The maximum atomic E-state index is 4.34. The molecule has 0 aliphatic heterocycles. The summed E-state index contributed by atoms with van der Waals surface area (Å²) in [7, 11) is 0. The van der Waals surface area contributed by atoms with Gasteiger partial charge in [-0.15, -0.1) is 0 Å². The highest BCUT2D eigenvalue weighted by molar-refractivity contribution is 7.09. The fraction of sp³-hybridized carbons (Fsp3) is 0.333. The Morgan fingerprint density at radius 2 is 2.25 bits per heavy atom. The number of aromatic nitrogens is 2. The van der Waals surface area contributed by atoms with Gasteiger partial charge in [0.1, 0.15) is 5.82 Å². The van der Waals surface area contributed by atoms with Crippen molar-refractivity contribution in [3.05, 3.63) is 41.2 Å². The lowest BCUT2D eigenvalue weighted by molar-refractivity contribution is 0.760. The molecule has 1 N–H and O–H groups in total. The number of hydrogen-bond donors (Lipinski definition) is 1. The quantitative estimate of drug-likeness (QED) is 0.863. The Morgan fingerprint density at radius 1 is 1.38 bits per heavy atom. The van der Waals surface area contributed by atoms with E-state index >= 15 is 0 Å². The number of aryl methyl sites for hydroxylation is 2. The van der Waals surface area contributed by atoms with Crippen molar-refractivity contribution in [1.82, 2.24) is 9.36 Å². The van der Waals surface area contributed by atoms with Crippen LogP contribution in [0.15, 0.2) is 24.3 Å². The van der Waals surface area contributed by atoms with Gasteiger partial charge in [0.2, 0.25) is 5.13 Å². The number of benzene rings is 1. The van der Waals surface area contributed by atoms with E-state index in [0.717, 1.165) is 23.8 Å². The van der Waals surface area contributed by atoms with E-state index in [0.29, 0.717) is 6.04 Å². The molecule has 0 radical (unpaired) electrons. The summed E-state index contributed by atoms with van der Waals surface area (Å²) in [5, 5.41) is 4.39. The van der Waals surface area contributed by atoms with Crippen LogP contribution in [0.1, 0.15) is 29.4 Å². The van der Waals surface area contributed by atoms with E-state index in [9.17, 15) is 0 Å². The zero-order valence-electron chi connectivity index (χ0n) is 9.10. The standard InChI is InChI=1S/C12H13N3S/c1-8-13-12(16-15-8)14-11-7-6-9-4-2-3-5-10(9)11/h2-5,11H,6-7H2,1H3,(H,13,14,15). The minimum Gasteiger partial charge on any atom is -0.353 e. The van der Waals surface area contributed by atoms with Gasteiger partial charge in [-0.1, -0.05) is 24.3 Å². The van der Waals surface area contributed by atoms with Crippen LogP contribution in [-0.2, 0) is 6.42 Å². The second-order valence-electron chi connectivity index (χ2n) is 4.08. The first kappa shape index (κ1) is 9.78. The molecule has 2 aromatic rings. The molecular weight excluding hydrogens is 218 g/mol. The molecule has 16 heavy (non-hydrogen) atoms. The highest BCUT2D eigenvalue weighted by Gasteiger charge is 2.22. The van der Waals surface area contributed by atoms with Crippen LogP contribution in [0.5, 0.6) is 0 Å². The van der Waals surface area contributed by atoms with Crippen molar-refractivity contribution in [3.63, 3.8) is 0 Å². The lowest BCUT2D eigenvalue weighted by Gasteiger charge is -2.12. The van der Waals surface area contributed by atoms with Crippen LogP contribution >= 0.6 is 11.5 Å². The van der Waals surface area contributed by atoms with Gasteiger partial charge >= 0.3 is 0 Å². The van der Waals surface area contributed by atoms with Crippen molar-refractivity contribution >= 4 is 16.7 Å². The van der Waals surface area contributed by atoms with Gasteiger partial charge in [0.25, 0.3) is 0 Å². The third-order valence-corrected chi connectivity index (χ3v) is 3.70. The summed E-state index contributed by atoms with van der Waals surface area (Å²) in [5.41, 5.74) is 2.87. The van der Waals surface area contributed by atoms with Crippen LogP contribution < -0.4 is 5.32 Å². The first-order valence-corrected chi connectivity index (χ1v) is 6.25. The Bertz CT molecular complexity index is 506. The fourth-order valence-electron chi connectivity index (χ4n) is 2.21. The Kier molecular flexibility index (Phi) is 2.36. The van der Waals surface area contributed by atoms with Crippen LogP contribution in [0, 0.1) is 6.92 Å². The van der Waals surface area contributed by atoms with E-state index in [1.54, 1.807) is 0 Å². The first-order chi connectivity index (χ1) is 7.83. The maximum Gasteiger partial charge on any atom is 0.203 e. The van der Waals surface area contributed by atoms with Crippen LogP contribution in [0.2, 0.25) is 0 Å². The molecule has 1 atom stereocenters. The van der Waals surface area contributed by atoms with E-state index in [4.69, 9.17) is 0 Å². The third kappa shape index (κ3) is 1.69. The van der Waals surface area contributed by atoms with Crippen LogP contribution in [0.25, 0.3) is 0 Å². The minimum absolute atomic E-state index is 0.406. The van der Waals surface area contributed by atoms with Crippen molar-refractivity contribution in [2.24, 2.45) is 0 Å². The van der Waals surface area contributed by atoms with Gasteiger partial charge < -0.3 is 5.32 Å². The van der Waals surface area contributed by atoms with Gasteiger partial charge in [0, 0.05) is 11.5 Å². The fourth-order valence-corrected chi connectivity index (χ4v) is 2.84. The van der Waals surface area contributed by atoms with Crippen molar-refractivity contribution in [3.8, 4) is 0 Å². The first-order valence-electron chi connectivity index (χ1n) is 5.47. The van der Waals surface area contributed by atoms with E-state index < -0.39 is 0 Å². The summed E-state index contributed by atoms with van der Waals surface area (Å²) in [6, 6.07) is 9.03. The molecule has 82 valence electrons. The summed E-state index contributed by atoms with van der Waals surface area (Å²) in [5.74, 6) is 0.846. The van der Waals surface area contributed by atoms with E-state index in [2.05, 4.69) is 38.9 Å². The third-order valence-electron chi connectivity index (χ3n) is 2.96. The van der Waals surface area contributed by atoms with E-state index in [1.165, 1.54) is 22.7 Å². The molecule has 0 fully saturated rings. The monoisotopic (exact) mass is 231 g/mol. The van der Waals surface area contributed by atoms with Gasteiger partial charge in [-0.05, 0) is 30.9 Å². The molecule has 1 unspecified atom stereocenters. The van der Waals surface area contributed by atoms with Gasteiger partial charge in [-0.3, -0.25) is 0 Å². The zero-order chi connectivity index (χ0) is 11.0. The smallest absolute Gasteiger partial charge is 0.203 e. The van der Waals surface area contributed by atoms with Crippen LogP contribution in [0.4, 0.5) is 5.13 Å². The molecule has 3 rings (SSSR count). The van der Waals surface area contributed by atoms with Crippen molar-refractivity contribution in [1.29, 1.82) is 0 Å². The molecule has 4 heteroatoms. The average Bonchev–Trinajstić information content (AvgIpc) is 2.87. The van der Waals surface area contributed by atoms with Gasteiger partial charge in [0.05, 0.1) is 6.04 Å². The zero-order valence-corrected chi connectivity index (χ0v) is 9.92. The second-order valence-corrected chi connectivity index (χ2v) is 4.83. The summed E-state index contributed by atoms with van der Waals surface area (Å²) in [6.07, 6.45) is 2.31. The van der Waals surface area contributed by atoms with E-state index in [1.807, 2.05) is 6.92 Å². The predicted molar refractivity (Wildman–Crippen MR) is 65.8 cm³/mol. The van der Waals surface area contributed by atoms with Crippen LogP contribution in [0.3, 0.4) is 0 Å². The minimum atomic E-state index is 0.406. The Morgan fingerprint density at radius 3 is 3.06 bits per heavy atom. The number of nitrogens with zero attached hydrogens (tertiary/aromatic N) is 2. The Hall–Kier alpha value is -1.42. The van der Waals surface area contributed by atoms with E-state index in [-0.39, 0.29) is 0 Å². The van der Waals surface area contributed by atoms with Gasteiger partial charge in [-0.2, -0.15) is 4.37 Å². The summed E-state index contributed by atoms with van der Waals surface area (Å²) >= 11 is 1.44. The number of nitrogens with one attached hydrogen (secondary N) is 1. The Balaban J connectivity index is 1.83. The van der Waals surface area contributed by atoms with Gasteiger partial charge in [-0.25, -0.2) is 4.98 Å². The largest absolute Gasteiger partial charge is 0.353 e. The lowest BCUT2D eigenvalue weighted by atomic mass is 10.1. The Labute approximate surface area is 98.7 Å². The number of rotatable bonds is 2. The highest BCUT2D eigenvalue weighted by Crippen LogP contribution is 2.33. The summed E-state index contributed by atoms with van der Waals surface area (Å²) in [4.78, 5) is 4.34. The number of anilines is 1. The molecule has 1 aromatic heterocycles. The van der Waals surface area contributed by atoms with Crippen molar-refractivity contribution in [2.45, 2.75) is 25.8 Å². The molecule has 3 nitrogen and oxygen atoms in total. The van der Waals surface area contributed by atoms with Crippen LogP contribution in [-0.4, -0.2) is 9.36 Å². The number of hydrogen-bond acceptors (Lipinski definition) is 4. The summed E-state index contributed by atoms with van der Waals surface area (Å²) in [6.45, 7) is 1.92. The molecular formula is C12H13N3S. The number of fused-ring (bicyclic) bond motifs is 1. The molecule has 0 spiro atoms.